The normalized spacial score (nSPS) is 15.6. The molecule has 0 bridgehead atoms. The van der Waals surface area contributed by atoms with Crippen molar-refractivity contribution in [2.24, 2.45) is 11.7 Å². The summed E-state index contributed by atoms with van der Waals surface area (Å²) in [6.45, 7) is 5.97. The summed E-state index contributed by atoms with van der Waals surface area (Å²) in [6.07, 6.45) is 0. The Balaban J connectivity index is 3.14. The Morgan fingerprint density at radius 3 is 2.43 bits per heavy atom. The van der Waals surface area contributed by atoms with Crippen molar-refractivity contribution in [2.45, 2.75) is 26.3 Å². The van der Waals surface area contributed by atoms with Crippen LogP contribution in [0.5, 0.6) is 0 Å². The highest BCUT2D eigenvalue weighted by Gasteiger charge is 2.25. The first-order valence-corrected chi connectivity index (χ1v) is 4.98. The van der Waals surface area contributed by atoms with Crippen molar-refractivity contribution in [1.29, 1.82) is 0 Å². The average Bonchev–Trinajstić information content (AvgIpc) is 2.09. The molecule has 0 aromatic heterocycles. The molecule has 0 saturated carbocycles. The van der Waals surface area contributed by atoms with Crippen LogP contribution in [0.2, 0.25) is 5.02 Å². The monoisotopic (exact) mass is 215 g/mol. The topological polar surface area (TPSA) is 26.0 Å². The van der Waals surface area contributed by atoms with Gasteiger partial charge in [-0.1, -0.05) is 31.5 Å². The number of benzene rings is 1. The van der Waals surface area contributed by atoms with E-state index in [1.165, 1.54) is 6.07 Å². The third-order valence-electron chi connectivity index (χ3n) is 2.74. The Morgan fingerprint density at radius 1 is 1.43 bits per heavy atom. The smallest absolute Gasteiger partial charge is 0.141 e. The first-order valence-electron chi connectivity index (χ1n) is 4.60. The van der Waals surface area contributed by atoms with Crippen LogP contribution in [-0.4, -0.2) is 0 Å². The van der Waals surface area contributed by atoms with Gasteiger partial charge in [0, 0.05) is 5.54 Å². The summed E-state index contributed by atoms with van der Waals surface area (Å²) in [6, 6.07) is 4.63. The molecule has 0 spiro atoms. The lowest BCUT2D eigenvalue weighted by atomic mass is 9.83. The second kappa shape index (κ2) is 3.87. The van der Waals surface area contributed by atoms with Crippen LogP contribution in [0, 0.1) is 11.7 Å². The number of halogens is 2. The van der Waals surface area contributed by atoms with Crippen molar-refractivity contribution in [2.75, 3.05) is 0 Å². The summed E-state index contributed by atoms with van der Waals surface area (Å²) in [5.74, 6) is -0.140. The third kappa shape index (κ3) is 2.07. The Hall–Kier alpha value is -0.600. The van der Waals surface area contributed by atoms with Gasteiger partial charge in [0.05, 0.1) is 5.02 Å². The molecule has 0 heterocycles. The summed E-state index contributed by atoms with van der Waals surface area (Å²) in [5, 5.41) is 0.125. The fourth-order valence-corrected chi connectivity index (χ4v) is 1.35. The molecule has 0 saturated heterocycles. The van der Waals surface area contributed by atoms with E-state index in [4.69, 9.17) is 17.3 Å². The fourth-order valence-electron chi connectivity index (χ4n) is 1.16. The highest BCUT2D eigenvalue weighted by atomic mass is 35.5. The quantitative estimate of drug-likeness (QED) is 0.805. The molecule has 0 aliphatic rings. The molecule has 1 aromatic rings. The van der Waals surface area contributed by atoms with Gasteiger partial charge in [0.2, 0.25) is 0 Å². The molecule has 14 heavy (non-hydrogen) atoms. The van der Waals surface area contributed by atoms with Gasteiger partial charge in [0.15, 0.2) is 0 Å². The van der Waals surface area contributed by atoms with Crippen LogP contribution in [0.4, 0.5) is 4.39 Å². The molecular weight excluding hydrogens is 201 g/mol. The van der Waals surface area contributed by atoms with Crippen LogP contribution in [0.15, 0.2) is 18.2 Å². The standard InChI is InChI=1S/C11H15ClFN/c1-7(2)11(3,14)8-4-5-10(13)9(12)6-8/h4-7H,14H2,1-3H3/t11-/m0/s1. The zero-order valence-electron chi connectivity index (χ0n) is 8.64. The predicted molar refractivity (Wildman–Crippen MR) is 57.8 cm³/mol. The van der Waals surface area contributed by atoms with E-state index >= 15 is 0 Å². The summed E-state index contributed by atoms with van der Waals surface area (Å²) >= 11 is 5.69. The van der Waals surface area contributed by atoms with Gasteiger partial charge < -0.3 is 5.73 Å². The zero-order chi connectivity index (χ0) is 10.9. The average molecular weight is 216 g/mol. The maximum Gasteiger partial charge on any atom is 0.141 e. The van der Waals surface area contributed by atoms with E-state index in [1.54, 1.807) is 12.1 Å². The number of rotatable bonds is 2. The molecule has 1 nitrogen and oxygen atoms in total. The molecule has 78 valence electrons. The van der Waals surface area contributed by atoms with E-state index in [9.17, 15) is 4.39 Å². The number of hydrogen-bond acceptors (Lipinski definition) is 1. The molecule has 0 aliphatic heterocycles. The van der Waals surface area contributed by atoms with Crippen LogP contribution in [0.3, 0.4) is 0 Å². The third-order valence-corrected chi connectivity index (χ3v) is 3.03. The van der Waals surface area contributed by atoms with E-state index in [-0.39, 0.29) is 10.9 Å². The van der Waals surface area contributed by atoms with Gasteiger partial charge >= 0.3 is 0 Å². The van der Waals surface area contributed by atoms with Gasteiger partial charge in [-0.05, 0) is 30.5 Å². The van der Waals surface area contributed by atoms with E-state index in [2.05, 4.69) is 0 Å². The van der Waals surface area contributed by atoms with Crippen molar-refractivity contribution < 1.29 is 4.39 Å². The lowest BCUT2D eigenvalue weighted by Gasteiger charge is -2.29. The highest BCUT2D eigenvalue weighted by molar-refractivity contribution is 6.30. The Morgan fingerprint density at radius 2 is 2.00 bits per heavy atom. The Labute approximate surface area is 89.1 Å². The summed E-state index contributed by atoms with van der Waals surface area (Å²) < 4.78 is 12.9. The van der Waals surface area contributed by atoms with E-state index in [1.807, 2.05) is 20.8 Å². The molecule has 0 radical (unpaired) electrons. The summed E-state index contributed by atoms with van der Waals surface area (Å²) in [7, 11) is 0. The minimum absolute atomic E-state index is 0.125. The lowest BCUT2D eigenvalue weighted by Crippen LogP contribution is -2.38. The molecule has 0 aliphatic carbocycles. The van der Waals surface area contributed by atoms with E-state index < -0.39 is 11.4 Å². The molecule has 0 fully saturated rings. The van der Waals surface area contributed by atoms with E-state index in [0.29, 0.717) is 0 Å². The number of nitrogens with two attached hydrogens (primary N) is 1. The molecule has 0 unspecified atom stereocenters. The first-order chi connectivity index (χ1) is 6.35. The predicted octanol–water partition coefficient (Wildman–Crippen LogP) is 3.31. The summed E-state index contributed by atoms with van der Waals surface area (Å²) in [5.41, 5.74) is 6.50. The molecule has 3 heteroatoms. The molecule has 1 aromatic carbocycles. The second-order valence-electron chi connectivity index (χ2n) is 4.07. The van der Waals surface area contributed by atoms with Crippen molar-refractivity contribution in [3.63, 3.8) is 0 Å². The van der Waals surface area contributed by atoms with Crippen LogP contribution < -0.4 is 5.73 Å². The van der Waals surface area contributed by atoms with Crippen LogP contribution in [0.25, 0.3) is 0 Å². The minimum atomic E-state index is -0.475. The maximum absolute atomic E-state index is 12.9. The van der Waals surface area contributed by atoms with Crippen LogP contribution in [-0.2, 0) is 5.54 Å². The maximum atomic E-state index is 12.9. The van der Waals surface area contributed by atoms with Crippen molar-refractivity contribution in [3.8, 4) is 0 Å². The molecule has 2 N–H and O–H groups in total. The largest absolute Gasteiger partial charge is 0.321 e. The lowest BCUT2D eigenvalue weighted by molar-refractivity contribution is 0.350. The van der Waals surface area contributed by atoms with Gasteiger partial charge in [0.25, 0.3) is 0 Å². The molecule has 0 amide bonds. The van der Waals surface area contributed by atoms with Gasteiger partial charge in [-0.2, -0.15) is 0 Å². The zero-order valence-corrected chi connectivity index (χ0v) is 9.40. The van der Waals surface area contributed by atoms with Gasteiger partial charge in [-0.25, -0.2) is 4.39 Å². The Bertz CT molecular complexity index is 334. The van der Waals surface area contributed by atoms with Gasteiger partial charge in [-0.15, -0.1) is 0 Å². The van der Waals surface area contributed by atoms with Crippen molar-refractivity contribution >= 4 is 11.6 Å². The fraction of sp³-hybridized carbons (Fsp3) is 0.455. The van der Waals surface area contributed by atoms with Crippen molar-refractivity contribution in [1.82, 2.24) is 0 Å². The van der Waals surface area contributed by atoms with E-state index in [0.717, 1.165) is 5.56 Å². The van der Waals surface area contributed by atoms with Crippen molar-refractivity contribution in [3.05, 3.63) is 34.6 Å². The van der Waals surface area contributed by atoms with Gasteiger partial charge in [0.1, 0.15) is 5.82 Å². The Kier molecular flexibility index (Phi) is 3.17. The molecular formula is C11H15ClFN. The molecule has 1 rings (SSSR count). The SMILES string of the molecule is CC(C)[C@](C)(N)c1ccc(F)c(Cl)c1. The molecule has 1 atom stereocenters. The summed E-state index contributed by atoms with van der Waals surface area (Å²) in [4.78, 5) is 0. The minimum Gasteiger partial charge on any atom is -0.321 e. The van der Waals surface area contributed by atoms with Gasteiger partial charge in [-0.3, -0.25) is 0 Å². The number of hydrogen-bond donors (Lipinski definition) is 1. The van der Waals surface area contributed by atoms with Crippen LogP contribution >= 0.6 is 11.6 Å². The van der Waals surface area contributed by atoms with Crippen LogP contribution in [0.1, 0.15) is 26.3 Å². The second-order valence-corrected chi connectivity index (χ2v) is 4.47. The first kappa shape index (κ1) is 11.5. The highest BCUT2D eigenvalue weighted by Crippen LogP contribution is 2.28.